The van der Waals surface area contributed by atoms with Crippen LogP contribution in [0.5, 0.6) is 0 Å². The van der Waals surface area contributed by atoms with E-state index in [9.17, 15) is 68.7 Å². The van der Waals surface area contributed by atoms with Gasteiger partial charge < -0.3 is 83.9 Å². The summed E-state index contributed by atoms with van der Waals surface area (Å²) in [6.07, 6.45) is 0. The van der Waals surface area contributed by atoms with Crippen LogP contribution < -0.4 is 0 Å². The molecule has 4 aromatic rings. The Labute approximate surface area is 415 Å². The van der Waals surface area contributed by atoms with Gasteiger partial charge in [0.1, 0.15) is 20.3 Å². The van der Waals surface area contributed by atoms with E-state index >= 15 is 0 Å². The molecule has 0 heterocycles. The van der Waals surface area contributed by atoms with Gasteiger partial charge in [-0.2, -0.15) is 0 Å². The molecule has 0 spiro atoms. The number of hydrogen-bond donors (Lipinski definition) is 0. The second-order valence-electron chi connectivity index (χ2n) is 9.40. The summed E-state index contributed by atoms with van der Waals surface area (Å²) < 4.78 is 172. The van der Waals surface area contributed by atoms with Crippen LogP contribution in [0, 0.1) is 0 Å². The Morgan fingerprint density at radius 3 is 0.470 bits per heavy atom. The molecule has 0 aliphatic heterocycles. The van der Waals surface area contributed by atoms with E-state index in [1.807, 2.05) is 0 Å². The maximum Gasteiger partial charge on any atom is 2.00 e. The van der Waals surface area contributed by atoms with Crippen molar-refractivity contribution in [3.05, 3.63) is 121 Å². The Morgan fingerprint density at radius 2 is 0.379 bits per heavy atom. The Balaban J connectivity index is -0.0000000425. The number of sulfone groups is 4. The molecular formula is C28H64O28S8Zn2+12. The molecule has 4 aromatic carbocycles. The van der Waals surface area contributed by atoms with Crippen LogP contribution in [0.1, 0.15) is 0 Å². The fourth-order valence-electron chi connectivity index (χ4n) is 3.29. The van der Waals surface area contributed by atoms with Crippen molar-refractivity contribution in [3.8, 4) is 0 Å². The molecule has 36 N–H and O–H groups in total. The first kappa shape index (κ1) is 102. The molecule has 4 rings (SSSR count). The van der Waals surface area contributed by atoms with Crippen molar-refractivity contribution in [1.29, 1.82) is 0 Å². The third-order valence-corrected chi connectivity index (χ3v) is 17.4. The quantitative estimate of drug-likeness (QED) is 0.0722. The minimum absolute atomic E-state index is 0. The average molecular weight is 1240 g/mol. The van der Waals surface area contributed by atoms with E-state index in [0.717, 1.165) is 0 Å². The summed E-state index contributed by atoms with van der Waals surface area (Å²) in [5.74, 6) is 0. The molecule has 384 valence electrons. The third kappa shape index (κ3) is 42.0. The Hall–Kier alpha value is -2.11. The Morgan fingerprint density at radius 1 is 0.273 bits per heavy atom. The standard InChI is InChI=1S/4C7H8O4S2.12H2O.2Zn/c4*8-12(9)6-13(10,11)7-4-2-1-3-5-7;;;;;;;;;;;;;;/h4*1-5H,6H2,(H,8,9);12*1H2;;/q;;;;;;;;;;;;;;;;2*+2/p+8. The van der Waals surface area contributed by atoms with Crippen LogP contribution in [0.25, 0.3) is 0 Å². The second-order valence-corrected chi connectivity index (χ2v) is 22.4. The second kappa shape index (κ2) is 49.3. The van der Waals surface area contributed by atoms with Crippen LogP contribution in [-0.2, 0) is 188 Å². The molecule has 0 radical (unpaired) electrons. The summed E-state index contributed by atoms with van der Waals surface area (Å²) in [5.41, 5.74) is 0. The van der Waals surface area contributed by atoms with E-state index in [4.69, 9.17) is 0 Å². The molecule has 4 atom stereocenters. The zero-order valence-electron chi connectivity index (χ0n) is 34.5. The molecule has 0 aliphatic rings. The van der Waals surface area contributed by atoms with E-state index in [-0.39, 0.29) is 124 Å². The molecule has 0 bridgehead atoms. The maximum atomic E-state index is 11.2. The van der Waals surface area contributed by atoms with Gasteiger partial charge >= 0.3 is 39.0 Å². The third-order valence-electron chi connectivity index (χ3n) is 5.41. The van der Waals surface area contributed by atoms with E-state index in [1.54, 1.807) is 72.8 Å². The number of rotatable bonds is 12. The molecule has 28 nitrogen and oxygen atoms in total. The van der Waals surface area contributed by atoms with Gasteiger partial charge in [-0.25, -0.2) is 33.7 Å². The predicted molar refractivity (Wildman–Crippen MR) is 248 cm³/mol. The van der Waals surface area contributed by atoms with Gasteiger partial charge in [0.05, 0.1) is 19.6 Å². The van der Waals surface area contributed by atoms with Crippen LogP contribution >= 0.6 is 0 Å². The predicted octanol–water partition coefficient (Wildman–Crippen LogP) is -9.88. The Bertz CT molecular complexity index is 1940. The minimum atomic E-state index is -3.67. The summed E-state index contributed by atoms with van der Waals surface area (Å²) in [4.78, 5) is 0.108. The minimum Gasteiger partial charge on any atom is -0.772 e. The summed E-state index contributed by atoms with van der Waals surface area (Å²) in [5, 5.41) is -3.46. The molecule has 0 aromatic heterocycles. The molecule has 4 unspecified atom stereocenters. The Kier molecular flexibility index (Phi) is 75.9. The van der Waals surface area contributed by atoms with Crippen molar-refractivity contribution in [2.24, 2.45) is 0 Å². The first-order valence-corrected chi connectivity index (χ1v) is 25.0. The van der Waals surface area contributed by atoms with Crippen LogP contribution in [0.4, 0.5) is 0 Å². The van der Waals surface area contributed by atoms with E-state index in [1.165, 1.54) is 48.5 Å². The zero-order valence-corrected chi connectivity index (χ0v) is 47.0. The largest absolute Gasteiger partial charge is 2.00 e. The molecule has 0 aliphatic carbocycles. The van der Waals surface area contributed by atoms with Crippen LogP contribution in [0.3, 0.4) is 0 Å². The molecule has 66 heavy (non-hydrogen) atoms. The zero-order chi connectivity index (χ0) is 39.6. The van der Waals surface area contributed by atoms with Gasteiger partial charge in [-0.05, 0) is 92.9 Å². The normalized spacial score (nSPS) is 11.0. The average Bonchev–Trinajstić information content (AvgIpc) is 3.05. The van der Waals surface area contributed by atoms with Gasteiger partial charge in [0.2, 0.25) is 0 Å². The van der Waals surface area contributed by atoms with Crippen molar-refractivity contribution in [1.82, 2.24) is 0 Å². The van der Waals surface area contributed by atoms with Crippen molar-refractivity contribution >= 4 is 83.7 Å². The van der Waals surface area contributed by atoms with Crippen LogP contribution in [0.2, 0.25) is 0 Å². The summed E-state index contributed by atoms with van der Waals surface area (Å²) in [6.45, 7) is 0. The van der Waals surface area contributed by atoms with E-state index in [2.05, 4.69) is 0 Å². The molecule has 0 amide bonds. The summed E-state index contributed by atoms with van der Waals surface area (Å²) in [7, 11) is -14.7. The first-order chi connectivity index (χ1) is 24.1. The van der Waals surface area contributed by atoms with E-state index < -0.39 is 104 Å². The maximum absolute atomic E-state index is 11.2. The van der Waals surface area contributed by atoms with Gasteiger partial charge in [-0.3, -0.25) is 16.8 Å². The SMILES string of the molecule is O=S([O-])CS(=O)(=O)c1ccccc1.O=S([O-])CS(=O)(=O)c1ccccc1.O=S([O-])CS(=O)(=O)c1ccccc1.O=S([O-])CS(=O)(=O)c1ccccc1.[OH3+].[OH3+].[OH3+].[OH3+].[OH3+].[OH3+].[OH3+].[OH3+].[OH3+].[OH3+].[OH3+].[OH3+].[Zn+2].[Zn+2]. The van der Waals surface area contributed by atoms with Crippen LogP contribution in [-0.4, -0.2) is 89.1 Å². The van der Waals surface area contributed by atoms with Crippen molar-refractivity contribution < 1.29 is 173 Å². The van der Waals surface area contributed by atoms with Gasteiger partial charge in [0.25, 0.3) is 0 Å². The van der Waals surface area contributed by atoms with Crippen molar-refractivity contribution in [3.63, 3.8) is 0 Å². The summed E-state index contributed by atoms with van der Waals surface area (Å²) >= 11 is -10.3. The van der Waals surface area contributed by atoms with Gasteiger partial charge in [-0.1, -0.05) is 72.8 Å². The fraction of sp³-hybridized carbons (Fsp3) is 0.143. The summed E-state index contributed by atoms with van der Waals surface area (Å²) in [6, 6.07) is 29.9. The topological polar surface area (TPSA) is 693 Å². The van der Waals surface area contributed by atoms with Gasteiger partial charge in [-0.15, -0.1) is 0 Å². The molecule has 0 fully saturated rings. The van der Waals surface area contributed by atoms with Gasteiger partial charge in [0.15, 0.2) is 39.3 Å². The fourth-order valence-corrected chi connectivity index (χ4v) is 11.8. The molecular weight excluding hydrogens is 1170 g/mol. The first-order valence-electron chi connectivity index (χ1n) is 13.4. The molecule has 0 saturated heterocycles. The van der Waals surface area contributed by atoms with Gasteiger partial charge in [0, 0.05) is 0 Å². The number of hydrogen-bond acceptors (Lipinski definition) is 16. The van der Waals surface area contributed by atoms with E-state index in [0.29, 0.717) is 0 Å². The monoisotopic (exact) mass is 1230 g/mol. The number of benzene rings is 4. The van der Waals surface area contributed by atoms with Crippen molar-refractivity contribution in [2.45, 2.75) is 19.6 Å². The smallest absolute Gasteiger partial charge is 0.772 e. The molecule has 38 heteroatoms. The molecule has 0 saturated carbocycles. The van der Waals surface area contributed by atoms with Crippen LogP contribution in [0.15, 0.2) is 141 Å². The van der Waals surface area contributed by atoms with Crippen molar-refractivity contribution in [2.75, 3.05) is 20.3 Å².